The van der Waals surface area contributed by atoms with Gasteiger partial charge in [0, 0.05) is 13.6 Å². The summed E-state index contributed by atoms with van der Waals surface area (Å²) in [6.07, 6.45) is 0.237. The number of rotatable bonds is 6. The highest BCUT2D eigenvalue weighted by atomic mass is 35.5. The maximum absolute atomic E-state index is 9.01. The van der Waals surface area contributed by atoms with E-state index in [1.807, 2.05) is 25.8 Å². The molecule has 0 spiro atoms. The van der Waals surface area contributed by atoms with E-state index in [0.29, 0.717) is 16.6 Å². The molecule has 92 valence electrons. The molecule has 4 nitrogen and oxygen atoms in total. The second-order valence-corrected chi connectivity index (χ2v) is 5.13. The number of anilines is 1. The number of halogens is 1. The highest BCUT2D eigenvalue weighted by Gasteiger charge is 2.11. The first-order chi connectivity index (χ1) is 7.54. The van der Waals surface area contributed by atoms with Gasteiger partial charge >= 0.3 is 0 Å². The zero-order valence-corrected chi connectivity index (χ0v) is 11.3. The molecule has 1 heterocycles. The number of hydrogen-bond donors (Lipinski definition) is 1. The first-order valence-electron chi connectivity index (χ1n) is 5.13. The molecule has 0 aliphatic rings. The van der Waals surface area contributed by atoms with Crippen LogP contribution in [0.5, 0.6) is 0 Å². The Hall–Kier alpha value is -0.360. The zero-order chi connectivity index (χ0) is 12.1. The topological polar surface area (TPSA) is 45.6 Å². The predicted octanol–water partition coefficient (Wildman–Crippen LogP) is 2.15. The lowest BCUT2D eigenvalue weighted by Gasteiger charge is -2.16. The van der Waals surface area contributed by atoms with Gasteiger partial charge in [-0.3, -0.25) is 0 Å². The minimum Gasteiger partial charge on any atom is -0.391 e. The predicted molar refractivity (Wildman–Crippen MR) is 67.4 cm³/mol. The smallest absolute Gasteiger partial charge is 0.186 e. The number of aliphatic hydroxyl groups is 1. The molecule has 0 atom stereocenters. The van der Waals surface area contributed by atoms with Crippen LogP contribution in [0.15, 0.2) is 0 Å². The fourth-order valence-corrected chi connectivity index (χ4v) is 2.21. The summed E-state index contributed by atoms with van der Waals surface area (Å²) in [6.45, 7) is 5.35. The van der Waals surface area contributed by atoms with Gasteiger partial charge in [0.25, 0.3) is 0 Å². The van der Waals surface area contributed by atoms with Gasteiger partial charge in [-0.25, -0.2) is 4.98 Å². The summed E-state index contributed by atoms with van der Waals surface area (Å²) in [4.78, 5) is 6.85. The van der Waals surface area contributed by atoms with E-state index in [1.54, 1.807) is 0 Å². The summed E-state index contributed by atoms with van der Waals surface area (Å²) in [5.74, 6) is 0. The third-order valence-corrected chi connectivity index (χ3v) is 3.57. The van der Waals surface area contributed by atoms with Gasteiger partial charge in [-0.1, -0.05) is 22.9 Å². The Morgan fingerprint density at radius 1 is 1.56 bits per heavy atom. The molecule has 0 fully saturated rings. The summed E-state index contributed by atoms with van der Waals surface area (Å²) >= 11 is 7.26. The molecule has 1 rings (SSSR count). The van der Waals surface area contributed by atoms with Gasteiger partial charge in [0.1, 0.15) is 5.15 Å². The van der Waals surface area contributed by atoms with E-state index in [9.17, 15) is 0 Å². The molecule has 0 aliphatic heterocycles. The lowest BCUT2D eigenvalue weighted by Crippen LogP contribution is -2.23. The van der Waals surface area contributed by atoms with Gasteiger partial charge in [-0.2, -0.15) is 0 Å². The van der Waals surface area contributed by atoms with E-state index in [1.165, 1.54) is 11.3 Å². The van der Waals surface area contributed by atoms with Gasteiger partial charge in [0.2, 0.25) is 0 Å². The van der Waals surface area contributed by atoms with Gasteiger partial charge in [-0.05, 0) is 13.8 Å². The van der Waals surface area contributed by atoms with Crippen molar-refractivity contribution in [3.63, 3.8) is 0 Å². The maximum Gasteiger partial charge on any atom is 0.186 e. The minimum absolute atomic E-state index is 0.0627. The Morgan fingerprint density at radius 3 is 2.75 bits per heavy atom. The molecule has 1 aromatic rings. The van der Waals surface area contributed by atoms with Crippen LogP contribution in [0.3, 0.4) is 0 Å². The number of hydrogen-bond acceptors (Lipinski definition) is 5. The molecule has 0 saturated carbocycles. The highest BCUT2D eigenvalue weighted by Crippen LogP contribution is 2.28. The Kier molecular flexibility index (Phi) is 5.48. The number of nitrogens with zero attached hydrogens (tertiary/aromatic N) is 2. The van der Waals surface area contributed by atoms with Gasteiger partial charge in [-0.15, -0.1) is 0 Å². The third-order valence-electron chi connectivity index (χ3n) is 1.99. The molecule has 0 saturated heterocycles. The summed E-state index contributed by atoms with van der Waals surface area (Å²) in [6, 6.07) is 0. The van der Waals surface area contributed by atoms with E-state index < -0.39 is 0 Å². The molecule has 6 heteroatoms. The largest absolute Gasteiger partial charge is 0.391 e. The van der Waals surface area contributed by atoms with Crippen molar-refractivity contribution < 1.29 is 9.84 Å². The van der Waals surface area contributed by atoms with Gasteiger partial charge < -0.3 is 14.7 Å². The molecule has 0 amide bonds. The Labute approximate surface area is 105 Å². The molecule has 0 aromatic carbocycles. The van der Waals surface area contributed by atoms with Crippen molar-refractivity contribution >= 4 is 28.1 Å². The second-order valence-electron chi connectivity index (χ2n) is 3.71. The molecule has 0 aliphatic carbocycles. The average molecular weight is 265 g/mol. The Balaban J connectivity index is 2.49. The maximum atomic E-state index is 9.01. The van der Waals surface area contributed by atoms with Crippen molar-refractivity contribution in [1.82, 2.24) is 4.98 Å². The third kappa shape index (κ3) is 3.90. The van der Waals surface area contributed by atoms with Gasteiger partial charge in [0.15, 0.2) is 5.13 Å². The van der Waals surface area contributed by atoms with Crippen molar-refractivity contribution in [2.45, 2.75) is 26.6 Å². The van der Waals surface area contributed by atoms with Gasteiger partial charge in [0.05, 0.1) is 24.2 Å². The number of thiazole rings is 1. The van der Waals surface area contributed by atoms with Crippen LogP contribution >= 0.6 is 22.9 Å². The Morgan fingerprint density at radius 2 is 2.25 bits per heavy atom. The van der Waals surface area contributed by atoms with Crippen molar-refractivity contribution in [1.29, 1.82) is 0 Å². The molecule has 16 heavy (non-hydrogen) atoms. The highest BCUT2D eigenvalue weighted by molar-refractivity contribution is 7.16. The van der Waals surface area contributed by atoms with Crippen LogP contribution in [0.25, 0.3) is 0 Å². The second kappa shape index (κ2) is 6.39. The van der Waals surface area contributed by atoms with Crippen LogP contribution < -0.4 is 4.90 Å². The summed E-state index contributed by atoms with van der Waals surface area (Å²) in [5.41, 5.74) is 0. The number of aromatic nitrogens is 1. The normalized spacial score (nSPS) is 11.1. The monoisotopic (exact) mass is 264 g/mol. The van der Waals surface area contributed by atoms with Crippen LogP contribution in [0.1, 0.15) is 18.7 Å². The van der Waals surface area contributed by atoms with E-state index in [0.717, 1.165) is 11.7 Å². The lowest BCUT2D eigenvalue weighted by atomic mass is 10.5. The summed E-state index contributed by atoms with van der Waals surface area (Å²) in [7, 11) is 1.93. The SMILES string of the molecule is CC(C)OCCN(C)c1nc(Cl)c(CO)s1. The van der Waals surface area contributed by atoms with Crippen LogP contribution in [0, 0.1) is 0 Å². The first-order valence-corrected chi connectivity index (χ1v) is 6.32. The molecular formula is C10H17ClN2O2S. The van der Waals surface area contributed by atoms with E-state index >= 15 is 0 Å². The molecule has 1 N–H and O–H groups in total. The Bertz CT molecular complexity index is 331. The van der Waals surface area contributed by atoms with Crippen LogP contribution in [0.4, 0.5) is 5.13 Å². The molecule has 0 unspecified atom stereocenters. The lowest BCUT2D eigenvalue weighted by molar-refractivity contribution is 0.0846. The van der Waals surface area contributed by atoms with Crippen LogP contribution in [-0.4, -0.2) is 36.4 Å². The molecule has 1 aromatic heterocycles. The fraction of sp³-hybridized carbons (Fsp3) is 0.700. The molecular weight excluding hydrogens is 248 g/mol. The van der Waals surface area contributed by atoms with Crippen LogP contribution in [-0.2, 0) is 11.3 Å². The van der Waals surface area contributed by atoms with E-state index in [-0.39, 0.29) is 12.7 Å². The van der Waals surface area contributed by atoms with Crippen molar-refractivity contribution in [3.05, 3.63) is 10.0 Å². The zero-order valence-electron chi connectivity index (χ0n) is 9.73. The molecule has 0 bridgehead atoms. The quantitative estimate of drug-likeness (QED) is 0.855. The molecule has 0 radical (unpaired) electrons. The fourth-order valence-electron chi connectivity index (χ4n) is 1.10. The van der Waals surface area contributed by atoms with E-state index in [2.05, 4.69) is 4.98 Å². The number of likely N-dealkylation sites (N-methyl/N-ethyl adjacent to an activating group) is 1. The number of aliphatic hydroxyl groups excluding tert-OH is 1. The van der Waals surface area contributed by atoms with Crippen molar-refractivity contribution in [3.8, 4) is 0 Å². The summed E-state index contributed by atoms with van der Waals surface area (Å²) < 4.78 is 5.45. The first kappa shape index (κ1) is 13.7. The van der Waals surface area contributed by atoms with E-state index in [4.69, 9.17) is 21.4 Å². The van der Waals surface area contributed by atoms with Crippen LogP contribution in [0.2, 0.25) is 5.15 Å². The van der Waals surface area contributed by atoms with Crippen molar-refractivity contribution in [2.75, 3.05) is 25.1 Å². The standard InChI is InChI=1S/C10H17ClN2O2S/c1-7(2)15-5-4-13(3)10-12-9(11)8(6-14)16-10/h7,14H,4-6H2,1-3H3. The summed E-state index contributed by atoms with van der Waals surface area (Å²) in [5, 5.41) is 10.2. The minimum atomic E-state index is -0.0627. The number of ether oxygens (including phenoxy) is 1. The average Bonchev–Trinajstić information content (AvgIpc) is 2.59. The van der Waals surface area contributed by atoms with Crippen molar-refractivity contribution in [2.24, 2.45) is 0 Å².